The molecule has 1 aromatic rings. The molecule has 1 fully saturated rings. The third kappa shape index (κ3) is 3.05. The Kier molecular flexibility index (Phi) is 4.65. The summed E-state index contributed by atoms with van der Waals surface area (Å²) < 4.78 is 0. The number of anilines is 1. The van der Waals surface area contributed by atoms with Gasteiger partial charge in [-0.3, -0.25) is 0 Å². The van der Waals surface area contributed by atoms with Crippen LogP contribution in [-0.4, -0.2) is 18.2 Å². The molecule has 0 radical (unpaired) electrons. The van der Waals surface area contributed by atoms with Gasteiger partial charge in [-0.05, 0) is 42.9 Å². The van der Waals surface area contributed by atoms with Crippen LogP contribution in [0.2, 0.25) is 0 Å². The fourth-order valence-corrected chi connectivity index (χ4v) is 2.85. The van der Waals surface area contributed by atoms with Gasteiger partial charge in [0.25, 0.3) is 0 Å². The van der Waals surface area contributed by atoms with Crippen LogP contribution in [0.15, 0.2) is 24.3 Å². The Balaban J connectivity index is 1.98. The van der Waals surface area contributed by atoms with Crippen molar-refractivity contribution in [3.8, 4) is 0 Å². The summed E-state index contributed by atoms with van der Waals surface area (Å²) in [6.45, 7) is 6.65. The first-order valence-electron chi connectivity index (χ1n) is 7.27. The highest BCUT2D eigenvalue weighted by molar-refractivity contribution is 5.48. The first kappa shape index (κ1) is 13.4. The molecule has 2 nitrogen and oxygen atoms in total. The zero-order valence-electron chi connectivity index (χ0n) is 11.6. The lowest BCUT2D eigenvalue weighted by atomic mass is 10.0. The zero-order chi connectivity index (χ0) is 13.0. The average Bonchev–Trinajstić information content (AvgIpc) is 2.87. The van der Waals surface area contributed by atoms with Gasteiger partial charge >= 0.3 is 0 Å². The van der Waals surface area contributed by atoms with Crippen LogP contribution >= 0.6 is 0 Å². The van der Waals surface area contributed by atoms with Crippen molar-refractivity contribution in [2.75, 3.05) is 18.0 Å². The molecule has 1 N–H and O–H groups in total. The molecule has 2 rings (SSSR count). The third-order valence-electron chi connectivity index (χ3n) is 4.01. The molecule has 1 aliphatic rings. The molecule has 1 heterocycles. The molecular formula is C16H25NO. The van der Waals surface area contributed by atoms with Crippen LogP contribution < -0.4 is 4.90 Å². The minimum Gasteiger partial charge on any atom is -0.388 e. The summed E-state index contributed by atoms with van der Waals surface area (Å²) in [5, 5.41) is 9.78. The number of benzene rings is 1. The second-order valence-corrected chi connectivity index (χ2v) is 5.40. The summed E-state index contributed by atoms with van der Waals surface area (Å²) >= 11 is 0. The molecule has 0 aliphatic carbocycles. The molecule has 0 amide bonds. The summed E-state index contributed by atoms with van der Waals surface area (Å²) in [5.41, 5.74) is 2.34. The topological polar surface area (TPSA) is 23.5 Å². The Morgan fingerprint density at radius 2 is 2.00 bits per heavy atom. The number of rotatable bonds is 5. The molecule has 1 aromatic carbocycles. The van der Waals surface area contributed by atoms with Crippen molar-refractivity contribution >= 4 is 5.69 Å². The zero-order valence-corrected chi connectivity index (χ0v) is 11.6. The van der Waals surface area contributed by atoms with Gasteiger partial charge in [0.2, 0.25) is 0 Å². The van der Waals surface area contributed by atoms with E-state index < -0.39 is 0 Å². The van der Waals surface area contributed by atoms with Crippen molar-refractivity contribution < 1.29 is 5.11 Å². The summed E-state index contributed by atoms with van der Waals surface area (Å²) in [6, 6.07) is 8.44. The molecule has 1 unspecified atom stereocenters. The van der Waals surface area contributed by atoms with E-state index in [0.29, 0.717) is 0 Å². The second kappa shape index (κ2) is 6.24. The molecule has 1 aliphatic heterocycles. The molecule has 100 valence electrons. The number of nitrogens with zero attached hydrogens (tertiary/aromatic N) is 1. The van der Waals surface area contributed by atoms with E-state index in [0.717, 1.165) is 17.9 Å². The van der Waals surface area contributed by atoms with E-state index in [1.165, 1.54) is 38.0 Å². The summed E-state index contributed by atoms with van der Waals surface area (Å²) in [5.74, 6) is 0.871. The Bertz CT molecular complexity index is 360. The summed E-state index contributed by atoms with van der Waals surface area (Å²) in [6.07, 6.45) is 4.43. The standard InChI is InChI=1S/C16H25NO/c1-3-5-13-10-11-17(12-13)15-8-6-14(7-9-15)16(18)4-2/h6-9,13,16,18H,3-5,10-12H2,1-2H3/t13?,16-/m1/s1. The predicted octanol–water partition coefficient (Wildman–Crippen LogP) is 3.76. The lowest BCUT2D eigenvalue weighted by Crippen LogP contribution is -2.19. The Labute approximate surface area is 111 Å². The van der Waals surface area contributed by atoms with E-state index in [1.807, 2.05) is 6.92 Å². The minimum atomic E-state index is -0.314. The van der Waals surface area contributed by atoms with Crippen LogP contribution in [0.5, 0.6) is 0 Å². The van der Waals surface area contributed by atoms with Crippen LogP contribution in [0, 0.1) is 5.92 Å². The summed E-state index contributed by atoms with van der Waals surface area (Å²) in [7, 11) is 0. The Hall–Kier alpha value is -1.02. The van der Waals surface area contributed by atoms with E-state index in [1.54, 1.807) is 0 Å². The number of aliphatic hydroxyl groups excluding tert-OH is 1. The SMILES string of the molecule is CCCC1CCN(c2ccc([C@H](O)CC)cc2)C1. The van der Waals surface area contributed by atoms with Gasteiger partial charge in [-0.15, -0.1) is 0 Å². The Morgan fingerprint density at radius 1 is 1.28 bits per heavy atom. The maximum Gasteiger partial charge on any atom is 0.0787 e. The van der Waals surface area contributed by atoms with Gasteiger partial charge in [0.1, 0.15) is 0 Å². The molecule has 0 spiro atoms. The van der Waals surface area contributed by atoms with Crippen molar-refractivity contribution in [1.82, 2.24) is 0 Å². The molecule has 18 heavy (non-hydrogen) atoms. The van der Waals surface area contributed by atoms with Crippen LogP contribution in [0.1, 0.15) is 51.2 Å². The van der Waals surface area contributed by atoms with Gasteiger partial charge in [-0.2, -0.15) is 0 Å². The van der Waals surface area contributed by atoms with Gasteiger partial charge in [0, 0.05) is 18.8 Å². The van der Waals surface area contributed by atoms with Gasteiger partial charge in [-0.25, -0.2) is 0 Å². The average molecular weight is 247 g/mol. The molecule has 0 bridgehead atoms. The molecule has 0 aromatic heterocycles. The van der Waals surface area contributed by atoms with Gasteiger partial charge in [0.15, 0.2) is 0 Å². The van der Waals surface area contributed by atoms with E-state index in [2.05, 4.69) is 36.1 Å². The maximum absolute atomic E-state index is 9.78. The number of hydrogen-bond acceptors (Lipinski definition) is 2. The van der Waals surface area contributed by atoms with Crippen LogP contribution in [0.4, 0.5) is 5.69 Å². The van der Waals surface area contributed by atoms with Gasteiger partial charge in [0.05, 0.1) is 6.10 Å². The van der Waals surface area contributed by atoms with Crippen LogP contribution in [0.25, 0.3) is 0 Å². The van der Waals surface area contributed by atoms with Crippen molar-refractivity contribution in [3.63, 3.8) is 0 Å². The third-order valence-corrected chi connectivity index (χ3v) is 4.01. The largest absolute Gasteiger partial charge is 0.388 e. The molecule has 1 saturated heterocycles. The van der Waals surface area contributed by atoms with Gasteiger partial charge in [-0.1, -0.05) is 32.4 Å². The van der Waals surface area contributed by atoms with E-state index >= 15 is 0 Å². The number of aliphatic hydroxyl groups is 1. The van der Waals surface area contributed by atoms with E-state index in [-0.39, 0.29) is 6.10 Å². The van der Waals surface area contributed by atoms with Crippen molar-refractivity contribution in [1.29, 1.82) is 0 Å². The lowest BCUT2D eigenvalue weighted by molar-refractivity contribution is 0.173. The quantitative estimate of drug-likeness (QED) is 0.856. The predicted molar refractivity (Wildman–Crippen MR) is 76.9 cm³/mol. The maximum atomic E-state index is 9.78. The summed E-state index contributed by atoms with van der Waals surface area (Å²) in [4.78, 5) is 2.47. The highest BCUT2D eigenvalue weighted by atomic mass is 16.3. The molecule has 0 saturated carbocycles. The van der Waals surface area contributed by atoms with E-state index in [4.69, 9.17) is 0 Å². The minimum absolute atomic E-state index is 0.314. The highest BCUT2D eigenvalue weighted by Crippen LogP contribution is 2.27. The first-order valence-corrected chi connectivity index (χ1v) is 7.27. The monoisotopic (exact) mass is 247 g/mol. The van der Waals surface area contributed by atoms with Gasteiger partial charge < -0.3 is 10.0 Å². The second-order valence-electron chi connectivity index (χ2n) is 5.40. The number of hydrogen-bond donors (Lipinski definition) is 1. The fourth-order valence-electron chi connectivity index (χ4n) is 2.85. The van der Waals surface area contributed by atoms with Crippen LogP contribution in [0.3, 0.4) is 0 Å². The molecular weight excluding hydrogens is 222 g/mol. The molecule has 2 atom stereocenters. The Morgan fingerprint density at radius 3 is 2.61 bits per heavy atom. The van der Waals surface area contributed by atoms with Crippen molar-refractivity contribution in [2.45, 2.75) is 45.6 Å². The first-order chi connectivity index (χ1) is 8.74. The lowest BCUT2D eigenvalue weighted by Gasteiger charge is -2.19. The van der Waals surface area contributed by atoms with Crippen LogP contribution in [-0.2, 0) is 0 Å². The molecule has 2 heteroatoms. The van der Waals surface area contributed by atoms with E-state index in [9.17, 15) is 5.11 Å². The smallest absolute Gasteiger partial charge is 0.0787 e. The van der Waals surface area contributed by atoms with Crippen molar-refractivity contribution in [3.05, 3.63) is 29.8 Å². The highest BCUT2D eigenvalue weighted by Gasteiger charge is 2.21. The fraction of sp³-hybridized carbons (Fsp3) is 0.625. The van der Waals surface area contributed by atoms with Crippen molar-refractivity contribution in [2.24, 2.45) is 5.92 Å². The normalized spacial score (nSPS) is 21.3.